The lowest BCUT2D eigenvalue weighted by Crippen LogP contribution is -2.42. The van der Waals surface area contributed by atoms with E-state index in [1.165, 1.54) is 0 Å². The molecule has 0 spiro atoms. The van der Waals surface area contributed by atoms with E-state index in [1.807, 2.05) is 66.5 Å². The standard InChI is InChI=1S/C18H17FN2/c1-21-11-14-7-2-4-8-15(14)18(19,12-21)17-10-13-6-3-5-9-16(13)20-17/h2-10,20H,11-12H2,1H3. The molecule has 3 aromatic rings. The predicted molar refractivity (Wildman–Crippen MR) is 83.0 cm³/mol. The Labute approximate surface area is 123 Å². The average Bonchev–Trinajstić information content (AvgIpc) is 2.91. The first-order valence-electron chi connectivity index (χ1n) is 7.21. The summed E-state index contributed by atoms with van der Waals surface area (Å²) in [5.41, 5.74) is 1.99. The number of likely N-dealkylation sites (N-methyl/N-ethyl adjacent to an activating group) is 1. The number of nitrogens with zero attached hydrogens (tertiary/aromatic N) is 1. The van der Waals surface area contributed by atoms with Gasteiger partial charge in [0.05, 0.1) is 5.69 Å². The number of aromatic nitrogens is 1. The Morgan fingerprint density at radius 2 is 1.86 bits per heavy atom. The van der Waals surface area contributed by atoms with Crippen molar-refractivity contribution < 1.29 is 4.39 Å². The Morgan fingerprint density at radius 3 is 2.71 bits per heavy atom. The fourth-order valence-corrected chi connectivity index (χ4v) is 3.37. The second kappa shape index (κ2) is 4.43. The molecule has 0 bridgehead atoms. The summed E-state index contributed by atoms with van der Waals surface area (Å²) in [5, 5.41) is 1.05. The highest BCUT2D eigenvalue weighted by molar-refractivity contribution is 5.80. The molecule has 2 aromatic carbocycles. The number of benzene rings is 2. The number of H-pyrrole nitrogens is 1. The summed E-state index contributed by atoms with van der Waals surface area (Å²) in [6.07, 6.45) is 0. The van der Waals surface area contributed by atoms with Crippen molar-refractivity contribution in [1.82, 2.24) is 9.88 Å². The van der Waals surface area contributed by atoms with E-state index in [0.717, 1.165) is 28.6 Å². The van der Waals surface area contributed by atoms with Crippen molar-refractivity contribution >= 4 is 10.9 Å². The number of fused-ring (bicyclic) bond motifs is 2. The Balaban J connectivity index is 1.93. The minimum Gasteiger partial charge on any atom is -0.355 e. The molecule has 0 radical (unpaired) electrons. The fourth-order valence-electron chi connectivity index (χ4n) is 3.37. The summed E-state index contributed by atoms with van der Waals surface area (Å²) in [4.78, 5) is 5.30. The van der Waals surface area contributed by atoms with Crippen LogP contribution in [0.5, 0.6) is 0 Å². The summed E-state index contributed by atoms with van der Waals surface area (Å²) >= 11 is 0. The van der Waals surface area contributed by atoms with Crippen molar-refractivity contribution in [3.8, 4) is 0 Å². The maximum absolute atomic E-state index is 15.9. The quantitative estimate of drug-likeness (QED) is 0.718. The highest BCUT2D eigenvalue weighted by Crippen LogP contribution is 2.40. The van der Waals surface area contributed by atoms with Crippen molar-refractivity contribution in [3.63, 3.8) is 0 Å². The van der Waals surface area contributed by atoms with Crippen molar-refractivity contribution in [2.24, 2.45) is 0 Å². The second-order valence-electron chi connectivity index (χ2n) is 5.90. The number of nitrogens with one attached hydrogen (secondary N) is 1. The third-order valence-electron chi connectivity index (χ3n) is 4.33. The normalized spacial score (nSPS) is 22.4. The Bertz CT molecular complexity index is 775. The predicted octanol–water partition coefficient (Wildman–Crippen LogP) is 3.83. The van der Waals surface area contributed by atoms with Gasteiger partial charge in [-0.25, -0.2) is 4.39 Å². The molecule has 1 aliphatic heterocycles. The molecule has 1 aromatic heterocycles. The summed E-state index contributed by atoms with van der Waals surface area (Å²) < 4.78 is 15.9. The van der Waals surface area contributed by atoms with E-state index in [1.54, 1.807) is 0 Å². The number of aromatic amines is 1. The molecule has 1 N–H and O–H groups in total. The molecule has 0 fully saturated rings. The van der Waals surface area contributed by atoms with Gasteiger partial charge in [0.1, 0.15) is 0 Å². The van der Waals surface area contributed by atoms with Crippen LogP contribution in [0.1, 0.15) is 16.8 Å². The largest absolute Gasteiger partial charge is 0.355 e. The number of alkyl halides is 1. The van der Waals surface area contributed by atoms with E-state index in [9.17, 15) is 0 Å². The van der Waals surface area contributed by atoms with Crippen LogP contribution in [0.2, 0.25) is 0 Å². The fraction of sp³-hybridized carbons (Fsp3) is 0.222. The molecule has 1 unspecified atom stereocenters. The van der Waals surface area contributed by atoms with Gasteiger partial charge in [-0.15, -0.1) is 0 Å². The number of halogens is 1. The van der Waals surface area contributed by atoms with E-state index >= 15 is 4.39 Å². The molecule has 1 atom stereocenters. The number of hydrogen-bond acceptors (Lipinski definition) is 1. The molecule has 21 heavy (non-hydrogen) atoms. The topological polar surface area (TPSA) is 19.0 Å². The van der Waals surface area contributed by atoms with E-state index in [2.05, 4.69) is 4.98 Å². The molecule has 3 heteroatoms. The number of rotatable bonds is 1. The first kappa shape index (κ1) is 12.6. The third kappa shape index (κ3) is 1.88. The van der Waals surface area contributed by atoms with Crippen LogP contribution in [0.4, 0.5) is 4.39 Å². The van der Waals surface area contributed by atoms with Crippen LogP contribution >= 0.6 is 0 Å². The Morgan fingerprint density at radius 1 is 1.10 bits per heavy atom. The summed E-state index contributed by atoms with van der Waals surface area (Å²) in [6.45, 7) is 1.17. The molecule has 0 aliphatic carbocycles. The van der Waals surface area contributed by atoms with Crippen molar-refractivity contribution in [2.45, 2.75) is 12.2 Å². The van der Waals surface area contributed by atoms with Crippen LogP contribution in [0.25, 0.3) is 10.9 Å². The molecule has 106 valence electrons. The molecule has 2 nitrogen and oxygen atoms in total. The van der Waals surface area contributed by atoms with Crippen LogP contribution in [0, 0.1) is 0 Å². The molecule has 2 heterocycles. The highest BCUT2D eigenvalue weighted by Gasteiger charge is 2.41. The summed E-state index contributed by atoms with van der Waals surface area (Å²) in [6, 6.07) is 17.7. The zero-order valence-corrected chi connectivity index (χ0v) is 11.9. The van der Waals surface area contributed by atoms with Crippen LogP contribution in [0.15, 0.2) is 54.6 Å². The van der Waals surface area contributed by atoms with E-state index in [-0.39, 0.29) is 0 Å². The molecular formula is C18H17FN2. The maximum Gasteiger partial charge on any atom is 0.188 e. The zero-order chi connectivity index (χ0) is 14.4. The van der Waals surface area contributed by atoms with Crippen LogP contribution in [0.3, 0.4) is 0 Å². The molecular weight excluding hydrogens is 263 g/mol. The Hall–Kier alpha value is -2.13. The van der Waals surface area contributed by atoms with Gasteiger partial charge in [0.25, 0.3) is 0 Å². The first-order chi connectivity index (χ1) is 10.2. The van der Waals surface area contributed by atoms with Gasteiger partial charge in [-0.05, 0) is 30.1 Å². The minimum absolute atomic E-state index is 0.372. The maximum atomic E-state index is 15.9. The number of hydrogen-bond donors (Lipinski definition) is 1. The lowest BCUT2D eigenvalue weighted by molar-refractivity contribution is 0.118. The van der Waals surface area contributed by atoms with Crippen molar-refractivity contribution in [2.75, 3.05) is 13.6 Å². The van der Waals surface area contributed by atoms with E-state index in [0.29, 0.717) is 12.2 Å². The van der Waals surface area contributed by atoms with Crippen LogP contribution in [-0.4, -0.2) is 23.5 Å². The second-order valence-corrected chi connectivity index (χ2v) is 5.90. The van der Waals surface area contributed by atoms with Gasteiger partial charge in [-0.1, -0.05) is 42.5 Å². The van der Waals surface area contributed by atoms with Crippen molar-refractivity contribution in [1.29, 1.82) is 0 Å². The summed E-state index contributed by atoms with van der Waals surface area (Å²) in [5.74, 6) is 0. The highest BCUT2D eigenvalue weighted by atomic mass is 19.1. The van der Waals surface area contributed by atoms with E-state index < -0.39 is 5.67 Å². The Kier molecular flexibility index (Phi) is 2.66. The average molecular weight is 280 g/mol. The van der Waals surface area contributed by atoms with Gasteiger partial charge in [0, 0.05) is 24.2 Å². The van der Waals surface area contributed by atoms with Gasteiger partial charge < -0.3 is 4.98 Å². The number of para-hydroxylation sites is 1. The van der Waals surface area contributed by atoms with Gasteiger partial charge in [0.15, 0.2) is 5.67 Å². The van der Waals surface area contributed by atoms with Crippen LogP contribution < -0.4 is 0 Å². The molecule has 1 aliphatic rings. The molecule has 4 rings (SSSR count). The van der Waals surface area contributed by atoms with Crippen LogP contribution in [-0.2, 0) is 12.2 Å². The third-order valence-corrected chi connectivity index (χ3v) is 4.33. The SMILES string of the molecule is CN1Cc2ccccc2C(F)(c2cc3ccccc3[nH]2)C1. The molecule has 0 saturated carbocycles. The smallest absolute Gasteiger partial charge is 0.188 e. The monoisotopic (exact) mass is 280 g/mol. The zero-order valence-electron chi connectivity index (χ0n) is 11.9. The molecule has 0 amide bonds. The molecule has 0 saturated heterocycles. The van der Waals surface area contributed by atoms with Gasteiger partial charge in [0.2, 0.25) is 0 Å². The van der Waals surface area contributed by atoms with Gasteiger partial charge in [-0.2, -0.15) is 0 Å². The van der Waals surface area contributed by atoms with Gasteiger partial charge >= 0.3 is 0 Å². The van der Waals surface area contributed by atoms with Gasteiger partial charge in [-0.3, -0.25) is 4.90 Å². The van der Waals surface area contributed by atoms with E-state index in [4.69, 9.17) is 0 Å². The minimum atomic E-state index is -1.48. The summed E-state index contributed by atoms with van der Waals surface area (Å²) in [7, 11) is 1.97. The van der Waals surface area contributed by atoms with Crippen molar-refractivity contribution in [3.05, 3.63) is 71.4 Å². The first-order valence-corrected chi connectivity index (χ1v) is 7.21. The lowest BCUT2D eigenvalue weighted by atomic mass is 9.85. The lowest BCUT2D eigenvalue weighted by Gasteiger charge is -2.36.